The number of carbonyl (C=O) groups excluding carboxylic acids is 1. The van der Waals surface area contributed by atoms with Crippen LogP contribution in [0.1, 0.15) is 60.8 Å². The zero-order valence-electron chi connectivity index (χ0n) is 21.7. The first kappa shape index (κ1) is 25.5. The molecule has 5 rings (SSSR count). The molecule has 1 saturated heterocycles. The maximum Gasteiger partial charge on any atom is 0.261 e. The monoisotopic (exact) mass is 515 g/mol. The quantitative estimate of drug-likeness (QED) is 0.486. The maximum atomic E-state index is 13.0. The lowest BCUT2D eigenvalue weighted by atomic mass is 9.85. The van der Waals surface area contributed by atoms with Gasteiger partial charge >= 0.3 is 0 Å². The number of piperidine rings is 1. The molecule has 37 heavy (non-hydrogen) atoms. The molecule has 7 heteroatoms. The fraction of sp³-hybridized carbons (Fsp3) is 0.400. The highest BCUT2D eigenvalue weighted by Gasteiger charge is 2.42. The van der Waals surface area contributed by atoms with Gasteiger partial charge in [0, 0.05) is 31.1 Å². The number of fused-ring (bicyclic) bond motifs is 2. The van der Waals surface area contributed by atoms with E-state index in [1.165, 1.54) is 21.6 Å². The van der Waals surface area contributed by atoms with Crippen LogP contribution in [0.3, 0.4) is 0 Å². The van der Waals surface area contributed by atoms with Crippen LogP contribution in [0.25, 0.3) is 0 Å². The molecule has 1 aromatic heterocycles. The van der Waals surface area contributed by atoms with Crippen molar-refractivity contribution in [3.05, 3.63) is 85.6 Å². The molecule has 3 heterocycles. The lowest BCUT2D eigenvalue weighted by Gasteiger charge is -2.43. The Labute approximate surface area is 222 Å². The molecule has 0 unspecified atom stereocenters. The fourth-order valence-electron chi connectivity index (χ4n) is 5.35. The Morgan fingerprint density at radius 1 is 1.19 bits per heavy atom. The minimum Gasteiger partial charge on any atom is -0.495 e. The van der Waals surface area contributed by atoms with Gasteiger partial charge in [0.1, 0.15) is 17.4 Å². The van der Waals surface area contributed by atoms with E-state index in [1.807, 2.05) is 12.1 Å². The van der Waals surface area contributed by atoms with Gasteiger partial charge in [-0.1, -0.05) is 29.8 Å². The molecule has 0 atom stereocenters. The summed E-state index contributed by atoms with van der Waals surface area (Å²) in [7, 11) is 1.61. The highest BCUT2D eigenvalue weighted by molar-refractivity contribution is 7.14. The van der Waals surface area contributed by atoms with Crippen LogP contribution in [-0.4, -0.2) is 37.6 Å². The number of thiophene rings is 1. The summed E-state index contributed by atoms with van der Waals surface area (Å²) in [6.45, 7) is 7.97. The zero-order valence-corrected chi connectivity index (χ0v) is 22.5. The lowest BCUT2D eigenvalue weighted by molar-refractivity contribution is -0.0961. The van der Waals surface area contributed by atoms with Gasteiger partial charge in [0.2, 0.25) is 0 Å². The van der Waals surface area contributed by atoms with E-state index in [1.54, 1.807) is 18.4 Å². The number of ether oxygens (including phenoxy) is 2. The van der Waals surface area contributed by atoms with E-state index in [-0.39, 0.29) is 11.5 Å². The largest absolute Gasteiger partial charge is 0.495 e. The molecule has 192 valence electrons. The second-order valence-electron chi connectivity index (χ2n) is 10.1. The number of nitrogens with one attached hydrogen (secondary N) is 1. The molecule has 0 saturated carbocycles. The van der Waals surface area contributed by atoms with Crippen molar-refractivity contribution in [2.45, 2.75) is 51.8 Å². The van der Waals surface area contributed by atoms with Gasteiger partial charge in [-0.2, -0.15) is 5.26 Å². The van der Waals surface area contributed by atoms with E-state index in [9.17, 15) is 10.1 Å². The number of likely N-dealkylation sites (tertiary alicyclic amines) is 1. The number of methoxy groups -OCH3 is 1. The molecule has 0 radical (unpaired) electrons. The van der Waals surface area contributed by atoms with E-state index >= 15 is 0 Å². The Bertz CT molecular complexity index is 1330. The van der Waals surface area contributed by atoms with Crippen molar-refractivity contribution in [2.75, 3.05) is 26.8 Å². The van der Waals surface area contributed by atoms with Crippen molar-refractivity contribution < 1.29 is 14.3 Å². The fourth-order valence-corrected chi connectivity index (χ4v) is 6.68. The summed E-state index contributed by atoms with van der Waals surface area (Å²) in [5, 5.41) is 12.4. The van der Waals surface area contributed by atoms with Crippen LogP contribution >= 0.6 is 11.3 Å². The Kier molecular flexibility index (Phi) is 7.34. The molecule has 0 bridgehead atoms. The summed E-state index contributed by atoms with van der Waals surface area (Å²) in [5.41, 5.74) is 6.13. The third-order valence-corrected chi connectivity index (χ3v) is 8.97. The number of carbonyl (C=O) groups is 1. The third-order valence-electron chi connectivity index (χ3n) is 7.61. The molecule has 2 aromatic carbocycles. The Morgan fingerprint density at radius 3 is 2.65 bits per heavy atom. The number of nitrogens with zero attached hydrogens (tertiary/aromatic N) is 2. The van der Waals surface area contributed by atoms with Gasteiger partial charge in [-0.25, -0.2) is 0 Å². The topological polar surface area (TPSA) is 74.6 Å². The Hall–Kier alpha value is -3.18. The van der Waals surface area contributed by atoms with Crippen LogP contribution in [0.15, 0.2) is 42.5 Å². The molecule has 2 aliphatic heterocycles. The van der Waals surface area contributed by atoms with Crippen molar-refractivity contribution in [3.8, 4) is 11.8 Å². The predicted octanol–water partition coefficient (Wildman–Crippen LogP) is 5.24. The molecular weight excluding hydrogens is 482 g/mol. The number of benzene rings is 2. The first-order valence-electron chi connectivity index (χ1n) is 12.8. The summed E-state index contributed by atoms with van der Waals surface area (Å²) in [6.07, 6.45) is 2.65. The van der Waals surface area contributed by atoms with Crippen LogP contribution in [-0.2, 0) is 29.8 Å². The Balaban J connectivity index is 1.25. The van der Waals surface area contributed by atoms with Gasteiger partial charge in [-0.3, -0.25) is 9.69 Å². The first-order valence-corrected chi connectivity index (χ1v) is 13.6. The second kappa shape index (κ2) is 10.7. The minimum absolute atomic E-state index is 0.0159. The number of aryl methyl sites for hydroxylation is 2. The summed E-state index contributed by atoms with van der Waals surface area (Å²) in [4.78, 5) is 17.4. The number of amides is 1. The smallest absolute Gasteiger partial charge is 0.261 e. The van der Waals surface area contributed by atoms with Crippen LogP contribution in [0, 0.1) is 25.2 Å². The van der Waals surface area contributed by atoms with Crippen LogP contribution in [0.5, 0.6) is 5.75 Å². The Morgan fingerprint density at radius 2 is 1.95 bits per heavy atom. The molecule has 1 spiro atoms. The molecule has 0 aliphatic carbocycles. The van der Waals surface area contributed by atoms with Gasteiger partial charge in [0.15, 0.2) is 0 Å². The van der Waals surface area contributed by atoms with Crippen LogP contribution in [0.2, 0.25) is 0 Å². The maximum absolute atomic E-state index is 13.0. The van der Waals surface area contributed by atoms with Gasteiger partial charge < -0.3 is 14.8 Å². The summed E-state index contributed by atoms with van der Waals surface area (Å²) < 4.78 is 11.9. The van der Waals surface area contributed by atoms with Gasteiger partial charge in [0.05, 0.1) is 24.2 Å². The van der Waals surface area contributed by atoms with Crippen molar-refractivity contribution in [1.82, 2.24) is 10.2 Å². The van der Waals surface area contributed by atoms with Crippen molar-refractivity contribution >= 4 is 17.2 Å². The lowest BCUT2D eigenvalue weighted by Crippen LogP contribution is -2.45. The van der Waals surface area contributed by atoms with Crippen LogP contribution < -0.4 is 10.1 Å². The SMILES string of the molecule is COc1cc(CN2CCC3(CC2)OCCc2cc(C(=O)NCc4ccc(C)cc4)sc23)c(C)cc1C#N. The van der Waals surface area contributed by atoms with E-state index in [2.05, 4.69) is 60.5 Å². The van der Waals surface area contributed by atoms with Gasteiger partial charge in [-0.15, -0.1) is 11.3 Å². The number of hydrogen-bond acceptors (Lipinski definition) is 6. The third kappa shape index (κ3) is 5.28. The van der Waals surface area contributed by atoms with Crippen LogP contribution in [0.4, 0.5) is 0 Å². The average molecular weight is 516 g/mol. The number of rotatable bonds is 6. The molecule has 1 amide bonds. The molecule has 1 fully saturated rings. The summed E-state index contributed by atoms with van der Waals surface area (Å²) in [5.74, 6) is 0.612. The molecule has 2 aliphatic rings. The van der Waals surface area contributed by atoms with Crippen molar-refractivity contribution in [1.29, 1.82) is 5.26 Å². The van der Waals surface area contributed by atoms with Gasteiger partial charge in [0.25, 0.3) is 5.91 Å². The number of hydrogen-bond donors (Lipinski definition) is 1. The summed E-state index contributed by atoms with van der Waals surface area (Å²) in [6, 6.07) is 16.4. The van der Waals surface area contributed by atoms with E-state index in [0.717, 1.165) is 54.9 Å². The van der Waals surface area contributed by atoms with Crippen molar-refractivity contribution in [3.63, 3.8) is 0 Å². The standard InChI is InChI=1S/C30H33N3O3S/c1-20-4-6-22(7-5-20)18-32-29(34)27-16-23-8-13-36-30(28(23)37-27)9-11-33(12-10-30)19-25-15-26(35-3)24(17-31)14-21(25)2/h4-7,14-16H,8-13,18-19H2,1-3H3,(H,32,34). The predicted molar refractivity (Wildman–Crippen MR) is 145 cm³/mol. The average Bonchev–Trinajstić information content (AvgIpc) is 3.36. The van der Waals surface area contributed by atoms with E-state index in [4.69, 9.17) is 9.47 Å². The van der Waals surface area contributed by atoms with Gasteiger partial charge in [-0.05, 0) is 73.6 Å². The highest BCUT2D eigenvalue weighted by Crippen LogP contribution is 2.45. The molecular formula is C30H33N3O3S. The molecule has 1 N–H and O–H groups in total. The highest BCUT2D eigenvalue weighted by atomic mass is 32.1. The molecule has 6 nitrogen and oxygen atoms in total. The minimum atomic E-state index is -0.304. The second-order valence-corrected chi connectivity index (χ2v) is 11.1. The zero-order chi connectivity index (χ0) is 26.0. The molecule has 3 aromatic rings. The normalized spacial score (nSPS) is 16.7. The van der Waals surface area contributed by atoms with Crippen molar-refractivity contribution in [2.24, 2.45) is 0 Å². The summed E-state index contributed by atoms with van der Waals surface area (Å²) >= 11 is 1.60. The first-order chi connectivity index (χ1) is 17.9. The van der Waals surface area contributed by atoms with E-state index < -0.39 is 0 Å². The number of nitriles is 1. The van der Waals surface area contributed by atoms with E-state index in [0.29, 0.717) is 24.5 Å².